The van der Waals surface area contributed by atoms with Gasteiger partial charge in [0.05, 0.1) is 17.0 Å². The maximum absolute atomic E-state index is 13.6. The molecule has 1 unspecified atom stereocenters. The first-order valence-electron chi connectivity index (χ1n) is 10.1. The number of benzene rings is 2. The number of rotatable bonds is 5. The second kappa shape index (κ2) is 8.49. The Kier molecular flexibility index (Phi) is 5.95. The van der Waals surface area contributed by atoms with Crippen molar-refractivity contribution in [1.29, 1.82) is 0 Å². The highest BCUT2D eigenvalue weighted by Crippen LogP contribution is 2.35. The summed E-state index contributed by atoms with van der Waals surface area (Å²) >= 11 is 5.92. The molecule has 2 amide bonds. The summed E-state index contributed by atoms with van der Waals surface area (Å²) in [7, 11) is -3.94. The molecule has 2 aromatic rings. The molecule has 6 nitrogen and oxygen atoms in total. The number of anilines is 1. The fraction of sp³-hybridized carbons (Fsp3) is 0.364. The second-order valence-electron chi connectivity index (χ2n) is 7.70. The smallest absolute Gasteiger partial charge is 0.252 e. The highest BCUT2D eigenvalue weighted by atomic mass is 35.5. The van der Waals surface area contributed by atoms with Gasteiger partial charge in [0.25, 0.3) is 5.91 Å². The lowest BCUT2D eigenvalue weighted by Crippen LogP contribution is -2.51. The minimum Gasteiger partial charge on any atom is -0.274 e. The first kappa shape index (κ1) is 21.0. The quantitative estimate of drug-likeness (QED) is 0.650. The largest absolute Gasteiger partial charge is 0.274 e. The predicted molar refractivity (Wildman–Crippen MR) is 115 cm³/mol. The Labute approximate surface area is 181 Å². The molecule has 0 aromatic heterocycles. The van der Waals surface area contributed by atoms with Gasteiger partial charge >= 0.3 is 0 Å². The average Bonchev–Trinajstić information content (AvgIpc) is 3.04. The molecule has 2 aromatic carbocycles. The van der Waals surface area contributed by atoms with Crippen LogP contribution in [0.3, 0.4) is 0 Å². The monoisotopic (exact) mass is 446 g/mol. The van der Waals surface area contributed by atoms with Gasteiger partial charge in [0.15, 0.2) is 0 Å². The number of hydrogen-bond acceptors (Lipinski definition) is 4. The maximum Gasteiger partial charge on any atom is 0.252 e. The van der Waals surface area contributed by atoms with Gasteiger partial charge in [-0.15, -0.1) is 0 Å². The first-order valence-corrected chi connectivity index (χ1v) is 11.9. The van der Waals surface area contributed by atoms with Crippen molar-refractivity contribution < 1.29 is 18.0 Å². The van der Waals surface area contributed by atoms with E-state index in [9.17, 15) is 18.0 Å². The van der Waals surface area contributed by atoms with E-state index in [2.05, 4.69) is 0 Å². The van der Waals surface area contributed by atoms with Crippen molar-refractivity contribution in [2.24, 2.45) is 0 Å². The van der Waals surface area contributed by atoms with Gasteiger partial charge in [-0.2, -0.15) is 4.31 Å². The van der Waals surface area contributed by atoms with Crippen LogP contribution in [0.15, 0.2) is 59.5 Å². The van der Waals surface area contributed by atoms with E-state index in [0.29, 0.717) is 23.6 Å². The van der Waals surface area contributed by atoms with Crippen LogP contribution in [-0.4, -0.2) is 36.6 Å². The Morgan fingerprint density at radius 3 is 2.17 bits per heavy atom. The van der Waals surface area contributed by atoms with Crippen molar-refractivity contribution in [1.82, 2.24) is 4.31 Å². The van der Waals surface area contributed by atoms with E-state index in [-0.39, 0.29) is 17.4 Å². The molecule has 8 heteroatoms. The normalized spacial score (nSPS) is 20.9. The Morgan fingerprint density at radius 1 is 0.900 bits per heavy atom. The highest BCUT2D eigenvalue weighted by molar-refractivity contribution is 7.89. The van der Waals surface area contributed by atoms with Gasteiger partial charge in [0.1, 0.15) is 6.04 Å². The molecule has 1 aliphatic carbocycles. The third kappa shape index (κ3) is 3.89. The lowest BCUT2D eigenvalue weighted by atomic mass is 9.94. The molecule has 2 aliphatic rings. The fourth-order valence-electron chi connectivity index (χ4n) is 4.34. The molecule has 1 saturated heterocycles. The van der Waals surface area contributed by atoms with Crippen molar-refractivity contribution in [2.45, 2.75) is 55.5 Å². The molecule has 2 fully saturated rings. The third-order valence-electron chi connectivity index (χ3n) is 5.77. The molecule has 0 N–H and O–H groups in total. The van der Waals surface area contributed by atoms with Gasteiger partial charge in [-0.05, 0) is 49.2 Å². The third-order valence-corrected chi connectivity index (χ3v) is 8.00. The Balaban J connectivity index is 1.73. The Hall–Kier alpha value is -2.22. The number of nitrogens with zero attached hydrogens (tertiary/aromatic N) is 2. The summed E-state index contributed by atoms with van der Waals surface area (Å²) in [4.78, 5) is 27.3. The topological polar surface area (TPSA) is 74.8 Å². The number of carbonyl (C=O) groups excluding carboxylic acids is 2. The van der Waals surface area contributed by atoms with Crippen LogP contribution in [0.5, 0.6) is 0 Å². The van der Waals surface area contributed by atoms with Crippen molar-refractivity contribution in [3.05, 3.63) is 59.6 Å². The zero-order valence-corrected chi connectivity index (χ0v) is 18.0. The van der Waals surface area contributed by atoms with E-state index < -0.39 is 27.9 Å². The van der Waals surface area contributed by atoms with Crippen LogP contribution in [0.2, 0.25) is 5.02 Å². The maximum atomic E-state index is 13.6. The SMILES string of the molecule is O=C1CC(N(C2CCCCC2)S(=O)(=O)c2ccccc2)C(=O)N1c1ccc(Cl)cc1. The van der Waals surface area contributed by atoms with E-state index in [1.165, 1.54) is 16.4 Å². The van der Waals surface area contributed by atoms with Crippen LogP contribution in [0.1, 0.15) is 38.5 Å². The Morgan fingerprint density at radius 2 is 1.53 bits per heavy atom. The standard InChI is InChI=1S/C22H23ClN2O4S/c23-16-11-13-17(14-12-16)24-21(26)15-20(22(24)27)25(18-7-3-1-4-8-18)30(28,29)19-9-5-2-6-10-19/h2,5-6,9-14,18,20H,1,3-4,7-8,15H2. The average molecular weight is 447 g/mol. The molecule has 1 heterocycles. The molecule has 1 saturated carbocycles. The van der Waals surface area contributed by atoms with Crippen LogP contribution < -0.4 is 4.90 Å². The molecule has 1 aliphatic heterocycles. The summed E-state index contributed by atoms with van der Waals surface area (Å²) in [6, 6.07) is 13.2. The molecule has 30 heavy (non-hydrogen) atoms. The second-order valence-corrected chi connectivity index (χ2v) is 9.98. The highest BCUT2D eigenvalue weighted by Gasteiger charge is 2.49. The van der Waals surface area contributed by atoms with Crippen LogP contribution in [0, 0.1) is 0 Å². The van der Waals surface area contributed by atoms with E-state index in [4.69, 9.17) is 11.6 Å². The molecular formula is C22H23ClN2O4S. The molecule has 0 spiro atoms. The zero-order valence-electron chi connectivity index (χ0n) is 16.4. The van der Waals surface area contributed by atoms with E-state index in [1.54, 1.807) is 42.5 Å². The number of halogens is 1. The number of carbonyl (C=O) groups is 2. The summed E-state index contributed by atoms with van der Waals surface area (Å²) in [5, 5.41) is 0.491. The van der Waals surface area contributed by atoms with E-state index >= 15 is 0 Å². The van der Waals surface area contributed by atoms with E-state index in [0.717, 1.165) is 24.2 Å². The molecule has 0 bridgehead atoms. The van der Waals surface area contributed by atoms with Gasteiger partial charge in [-0.3, -0.25) is 9.59 Å². The van der Waals surface area contributed by atoms with Crippen LogP contribution in [0.25, 0.3) is 0 Å². The molecule has 4 rings (SSSR count). The zero-order chi connectivity index (χ0) is 21.3. The lowest BCUT2D eigenvalue weighted by Gasteiger charge is -2.36. The van der Waals surface area contributed by atoms with Crippen LogP contribution >= 0.6 is 11.6 Å². The molecule has 1 atom stereocenters. The predicted octanol–water partition coefficient (Wildman–Crippen LogP) is 4.00. The molecule has 0 radical (unpaired) electrons. The van der Waals surface area contributed by atoms with Crippen molar-refractivity contribution in [3.63, 3.8) is 0 Å². The summed E-state index contributed by atoms with van der Waals surface area (Å²) < 4.78 is 28.5. The number of hydrogen-bond donors (Lipinski definition) is 0. The minimum absolute atomic E-state index is 0.140. The van der Waals surface area contributed by atoms with Crippen molar-refractivity contribution in [2.75, 3.05) is 4.90 Å². The fourth-order valence-corrected chi connectivity index (χ4v) is 6.32. The summed E-state index contributed by atoms with van der Waals surface area (Å²) in [5.74, 6) is -0.913. The van der Waals surface area contributed by atoms with Crippen LogP contribution in [0.4, 0.5) is 5.69 Å². The van der Waals surface area contributed by atoms with Crippen LogP contribution in [-0.2, 0) is 19.6 Å². The van der Waals surface area contributed by atoms with E-state index in [1.807, 2.05) is 0 Å². The van der Waals surface area contributed by atoms with Gasteiger partial charge in [0.2, 0.25) is 15.9 Å². The molecular weight excluding hydrogens is 424 g/mol. The summed E-state index contributed by atoms with van der Waals surface area (Å²) in [5.41, 5.74) is 0.401. The van der Waals surface area contributed by atoms with Gasteiger partial charge in [0, 0.05) is 11.1 Å². The summed E-state index contributed by atoms with van der Waals surface area (Å²) in [6.07, 6.45) is 4.06. The van der Waals surface area contributed by atoms with Crippen molar-refractivity contribution in [3.8, 4) is 0 Å². The van der Waals surface area contributed by atoms with Gasteiger partial charge in [-0.25, -0.2) is 13.3 Å². The lowest BCUT2D eigenvalue weighted by molar-refractivity contribution is -0.122. The number of imide groups is 1. The number of amides is 2. The number of sulfonamides is 1. The van der Waals surface area contributed by atoms with Gasteiger partial charge in [-0.1, -0.05) is 49.1 Å². The van der Waals surface area contributed by atoms with Gasteiger partial charge < -0.3 is 0 Å². The Bertz CT molecular complexity index is 1030. The first-order chi connectivity index (χ1) is 14.4. The molecule has 158 valence electrons. The van der Waals surface area contributed by atoms with Crippen molar-refractivity contribution >= 4 is 39.1 Å². The minimum atomic E-state index is -3.94. The summed E-state index contributed by atoms with van der Waals surface area (Å²) in [6.45, 7) is 0.